The quantitative estimate of drug-likeness (QED) is 0.707. The molecule has 2 fully saturated rings. The van der Waals surface area contributed by atoms with E-state index >= 15 is 0 Å². The number of aromatic hydroxyl groups is 1. The van der Waals surface area contributed by atoms with Crippen LogP contribution >= 0.6 is 11.6 Å². The Kier molecular flexibility index (Phi) is 6.25. The third-order valence-electron chi connectivity index (χ3n) is 5.81. The molecule has 2 aliphatic carbocycles. The van der Waals surface area contributed by atoms with Crippen LogP contribution in [0.15, 0.2) is 12.1 Å². The van der Waals surface area contributed by atoms with Crippen LogP contribution in [-0.2, 0) is 9.59 Å². The average Bonchev–Trinajstić information content (AvgIpc) is 3.29. The zero-order valence-corrected chi connectivity index (χ0v) is 16.2. The van der Waals surface area contributed by atoms with Crippen LogP contribution in [0.25, 0.3) is 0 Å². The predicted molar refractivity (Wildman–Crippen MR) is 101 cm³/mol. The summed E-state index contributed by atoms with van der Waals surface area (Å²) in [7, 11) is 0. The van der Waals surface area contributed by atoms with Crippen LogP contribution in [0.3, 0.4) is 0 Å². The maximum atomic E-state index is 14.5. The summed E-state index contributed by atoms with van der Waals surface area (Å²) >= 11 is 6.00. The lowest BCUT2D eigenvalue weighted by Crippen LogP contribution is -2.38. The second kappa shape index (κ2) is 8.46. The van der Waals surface area contributed by atoms with Gasteiger partial charge < -0.3 is 15.7 Å². The minimum Gasteiger partial charge on any atom is -0.506 e. The third kappa shape index (κ3) is 4.54. The van der Waals surface area contributed by atoms with Gasteiger partial charge in [-0.05, 0) is 50.2 Å². The lowest BCUT2D eigenvalue weighted by Gasteiger charge is -2.28. The largest absolute Gasteiger partial charge is 0.506 e. The molecule has 0 spiro atoms. The summed E-state index contributed by atoms with van der Waals surface area (Å²) in [6.45, 7) is 1.47. The molecule has 2 amide bonds. The minimum absolute atomic E-state index is 0.000473. The average molecular weight is 397 g/mol. The molecular formula is C20H26ClFN2O3. The Morgan fingerprint density at radius 1 is 1.22 bits per heavy atom. The highest BCUT2D eigenvalue weighted by Gasteiger charge is 2.36. The van der Waals surface area contributed by atoms with E-state index in [4.69, 9.17) is 11.6 Å². The molecule has 3 rings (SSSR count). The standard InChI is InChI=1S/C20H26ClFN2O3/c1-11(25)23-14-7-6-13(10-14)20(27)24-18(12-4-2-3-5-12)17-16(22)9-8-15(21)19(17)26/h8-9,12-14,18,26H,2-7,10H2,1H3,(H,23,25)(H,24,27)/t13-,14?,18+/m1/s1. The van der Waals surface area contributed by atoms with Crippen LogP contribution in [0.4, 0.5) is 4.39 Å². The number of carbonyl (C=O) groups is 2. The van der Waals surface area contributed by atoms with E-state index in [-0.39, 0.29) is 46.0 Å². The number of benzene rings is 1. The number of phenolic OH excluding ortho intramolecular Hbond substituents is 1. The van der Waals surface area contributed by atoms with E-state index in [0.717, 1.165) is 32.1 Å². The molecule has 27 heavy (non-hydrogen) atoms. The van der Waals surface area contributed by atoms with Gasteiger partial charge in [0.2, 0.25) is 11.8 Å². The Morgan fingerprint density at radius 3 is 2.59 bits per heavy atom. The molecule has 148 valence electrons. The van der Waals surface area contributed by atoms with Crippen LogP contribution in [0.5, 0.6) is 5.75 Å². The van der Waals surface area contributed by atoms with Crippen LogP contribution in [0.2, 0.25) is 5.02 Å². The Morgan fingerprint density at radius 2 is 1.93 bits per heavy atom. The van der Waals surface area contributed by atoms with Crippen molar-refractivity contribution in [2.24, 2.45) is 11.8 Å². The summed E-state index contributed by atoms with van der Waals surface area (Å²) in [5, 5.41) is 16.3. The van der Waals surface area contributed by atoms with E-state index in [1.165, 1.54) is 19.1 Å². The highest BCUT2D eigenvalue weighted by Crippen LogP contribution is 2.42. The normalized spacial score (nSPS) is 24.0. The van der Waals surface area contributed by atoms with Crippen molar-refractivity contribution in [2.45, 2.75) is 64.0 Å². The summed E-state index contributed by atoms with van der Waals surface area (Å²) in [6.07, 6.45) is 5.79. The van der Waals surface area contributed by atoms with E-state index in [2.05, 4.69) is 10.6 Å². The highest BCUT2D eigenvalue weighted by molar-refractivity contribution is 6.32. The number of amides is 2. The molecular weight excluding hydrogens is 371 g/mol. The van der Waals surface area contributed by atoms with Gasteiger partial charge in [0.1, 0.15) is 11.6 Å². The van der Waals surface area contributed by atoms with E-state index in [0.29, 0.717) is 12.8 Å². The molecule has 7 heteroatoms. The molecule has 1 unspecified atom stereocenters. The number of nitrogens with one attached hydrogen (secondary N) is 2. The van der Waals surface area contributed by atoms with Crippen molar-refractivity contribution in [3.05, 3.63) is 28.5 Å². The number of hydrogen-bond acceptors (Lipinski definition) is 3. The molecule has 3 atom stereocenters. The zero-order valence-electron chi connectivity index (χ0n) is 15.4. The van der Waals surface area contributed by atoms with Gasteiger partial charge >= 0.3 is 0 Å². The lowest BCUT2D eigenvalue weighted by atomic mass is 9.89. The van der Waals surface area contributed by atoms with Gasteiger partial charge in [-0.1, -0.05) is 24.4 Å². The maximum absolute atomic E-state index is 14.5. The first-order chi connectivity index (χ1) is 12.9. The van der Waals surface area contributed by atoms with Crippen molar-refractivity contribution in [1.82, 2.24) is 10.6 Å². The summed E-state index contributed by atoms with van der Waals surface area (Å²) < 4.78 is 14.5. The number of rotatable bonds is 5. The molecule has 0 radical (unpaired) electrons. The van der Waals surface area contributed by atoms with Gasteiger partial charge in [0, 0.05) is 18.9 Å². The smallest absolute Gasteiger partial charge is 0.223 e. The first-order valence-electron chi connectivity index (χ1n) is 9.61. The van der Waals surface area contributed by atoms with Crippen molar-refractivity contribution in [3.63, 3.8) is 0 Å². The molecule has 1 aromatic rings. The first-order valence-corrected chi connectivity index (χ1v) is 9.99. The molecule has 0 aliphatic heterocycles. The summed E-state index contributed by atoms with van der Waals surface area (Å²) in [4.78, 5) is 24.1. The fourth-order valence-corrected chi connectivity index (χ4v) is 4.64. The minimum atomic E-state index is -0.599. The van der Waals surface area contributed by atoms with Crippen molar-refractivity contribution >= 4 is 23.4 Å². The number of halogens is 2. The summed E-state index contributed by atoms with van der Waals surface area (Å²) in [5.41, 5.74) is 0.0826. The Hall–Kier alpha value is -1.82. The van der Waals surface area contributed by atoms with Gasteiger partial charge in [-0.2, -0.15) is 0 Å². The monoisotopic (exact) mass is 396 g/mol. The van der Waals surface area contributed by atoms with Gasteiger partial charge in [0.05, 0.1) is 16.6 Å². The lowest BCUT2D eigenvalue weighted by molar-refractivity contribution is -0.126. The van der Waals surface area contributed by atoms with Crippen molar-refractivity contribution in [3.8, 4) is 5.75 Å². The zero-order chi connectivity index (χ0) is 19.6. The van der Waals surface area contributed by atoms with Crippen LogP contribution in [0, 0.1) is 17.7 Å². The first kappa shape index (κ1) is 19.9. The van der Waals surface area contributed by atoms with Gasteiger partial charge in [-0.3, -0.25) is 9.59 Å². The molecule has 3 N–H and O–H groups in total. The second-order valence-corrected chi connectivity index (χ2v) is 8.14. The Labute approximate surface area is 163 Å². The second-order valence-electron chi connectivity index (χ2n) is 7.73. The predicted octanol–water partition coefficient (Wildman–Crippen LogP) is 3.84. The molecule has 0 aromatic heterocycles. The molecule has 2 saturated carbocycles. The number of carbonyl (C=O) groups excluding carboxylic acids is 2. The molecule has 0 saturated heterocycles. The van der Waals surface area contributed by atoms with Crippen molar-refractivity contribution in [1.29, 1.82) is 0 Å². The van der Waals surface area contributed by atoms with Crippen LogP contribution in [-0.4, -0.2) is 23.0 Å². The number of hydrogen-bond donors (Lipinski definition) is 3. The van der Waals surface area contributed by atoms with Gasteiger partial charge in [-0.25, -0.2) is 4.39 Å². The van der Waals surface area contributed by atoms with Gasteiger partial charge in [-0.15, -0.1) is 0 Å². The fraction of sp³-hybridized carbons (Fsp3) is 0.600. The third-order valence-corrected chi connectivity index (χ3v) is 6.11. The van der Waals surface area contributed by atoms with Gasteiger partial charge in [0.15, 0.2) is 0 Å². The summed E-state index contributed by atoms with van der Waals surface area (Å²) in [5.74, 6) is -1.27. The van der Waals surface area contributed by atoms with Crippen LogP contribution < -0.4 is 10.6 Å². The van der Waals surface area contributed by atoms with Crippen LogP contribution in [0.1, 0.15) is 63.5 Å². The fourth-order valence-electron chi connectivity index (χ4n) is 4.48. The summed E-state index contributed by atoms with van der Waals surface area (Å²) in [6, 6.07) is 1.95. The van der Waals surface area contributed by atoms with Crippen molar-refractivity contribution < 1.29 is 19.1 Å². The molecule has 2 aliphatic rings. The molecule has 0 heterocycles. The number of phenols is 1. The van der Waals surface area contributed by atoms with E-state index < -0.39 is 11.9 Å². The van der Waals surface area contributed by atoms with Crippen molar-refractivity contribution in [2.75, 3.05) is 0 Å². The molecule has 0 bridgehead atoms. The SMILES string of the molecule is CC(=O)NC1CC[C@@H](C(=O)N[C@H](c2c(F)ccc(Cl)c2O)C2CCCC2)C1. The Balaban J connectivity index is 1.78. The molecule has 5 nitrogen and oxygen atoms in total. The highest BCUT2D eigenvalue weighted by atomic mass is 35.5. The maximum Gasteiger partial charge on any atom is 0.223 e. The van der Waals surface area contributed by atoms with E-state index in [1.807, 2.05) is 0 Å². The van der Waals surface area contributed by atoms with E-state index in [9.17, 15) is 19.1 Å². The topological polar surface area (TPSA) is 78.4 Å². The van der Waals surface area contributed by atoms with E-state index in [1.54, 1.807) is 0 Å². The van der Waals surface area contributed by atoms with Gasteiger partial charge in [0.25, 0.3) is 0 Å². The Bertz CT molecular complexity index is 721. The molecule has 1 aromatic carbocycles.